The molecule has 1 unspecified atom stereocenters. The van der Waals surface area contributed by atoms with Crippen molar-refractivity contribution >= 4 is 11.3 Å². The maximum absolute atomic E-state index is 9.23. The topological polar surface area (TPSA) is 33.1 Å². The summed E-state index contributed by atoms with van der Waals surface area (Å²) < 4.78 is 0. The molecule has 1 atom stereocenters. The highest BCUT2D eigenvalue weighted by atomic mass is 32.1. The largest absolute Gasteiger partial charge is 0.396 e. The molecule has 0 amide bonds. The van der Waals surface area contributed by atoms with E-state index in [0.29, 0.717) is 5.92 Å². The third-order valence-corrected chi connectivity index (χ3v) is 4.05. The fourth-order valence-electron chi connectivity index (χ4n) is 1.45. The molecule has 0 radical (unpaired) electrons. The Kier molecular flexibility index (Phi) is 4.08. The van der Waals surface area contributed by atoms with Crippen LogP contribution in [0, 0.1) is 6.92 Å². The van der Waals surface area contributed by atoms with Gasteiger partial charge in [0.1, 0.15) is 0 Å². The second-order valence-corrected chi connectivity index (χ2v) is 5.01. The number of aromatic nitrogens is 1. The second kappa shape index (κ2) is 4.89. The standard InChI is InChI=1S/C11H19NOS/c1-5-9(6-13)10-8(4)12-11(14-10)7(2)3/h7,9,13H,5-6H2,1-4H3. The molecule has 0 bridgehead atoms. The highest BCUT2D eigenvalue weighted by molar-refractivity contribution is 7.11. The van der Waals surface area contributed by atoms with Crippen LogP contribution < -0.4 is 0 Å². The molecule has 3 heteroatoms. The molecule has 1 aromatic heterocycles. The summed E-state index contributed by atoms with van der Waals surface area (Å²) in [5.74, 6) is 0.767. The first-order valence-electron chi connectivity index (χ1n) is 5.18. The lowest BCUT2D eigenvalue weighted by Crippen LogP contribution is -2.01. The quantitative estimate of drug-likeness (QED) is 0.834. The minimum Gasteiger partial charge on any atom is -0.396 e. The zero-order valence-electron chi connectivity index (χ0n) is 9.37. The first-order valence-corrected chi connectivity index (χ1v) is 5.99. The maximum atomic E-state index is 9.23. The van der Waals surface area contributed by atoms with Gasteiger partial charge in [0.05, 0.1) is 17.3 Å². The van der Waals surface area contributed by atoms with Crippen LogP contribution in [0.4, 0.5) is 0 Å². The van der Waals surface area contributed by atoms with E-state index in [1.165, 1.54) is 9.88 Å². The van der Waals surface area contributed by atoms with Crippen LogP contribution in [0.5, 0.6) is 0 Å². The first-order chi connectivity index (χ1) is 6.60. The number of hydrogen-bond acceptors (Lipinski definition) is 3. The number of aryl methyl sites for hydroxylation is 1. The fourth-order valence-corrected chi connectivity index (χ4v) is 2.70. The Bertz CT molecular complexity index is 289. The van der Waals surface area contributed by atoms with Gasteiger partial charge in [0.2, 0.25) is 0 Å². The summed E-state index contributed by atoms with van der Waals surface area (Å²) in [6.45, 7) is 8.69. The van der Waals surface area contributed by atoms with Gasteiger partial charge in [-0.25, -0.2) is 4.98 Å². The highest BCUT2D eigenvalue weighted by Gasteiger charge is 2.17. The molecule has 0 aromatic carbocycles. The third kappa shape index (κ3) is 2.34. The van der Waals surface area contributed by atoms with Crippen molar-refractivity contribution in [2.75, 3.05) is 6.61 Å². The number of thiazole rings is 1. The van der Waals surface area contributed by atoms with Crippen molar-refractivity contribution in [1.29, 1.82) is 0 Å². The molecule has 2 nitrogen and oxygen atoms in total. The van der Waals surface area contributed by atoms with Crippen LogP contribution >= 0.6 is 11.3 Å². The van der Waals surface area contributed by atoms with E-state index < -0.39 is 0 Å². The average Bonchev–Trinajstić information content (AvgIpc) is 2.51. The zero-order valence-corrected chi connectivity index (χ0v) is 10.2. The summed E-state index contributed by atoms with van der Waals surface area (Å²) in [6.07, 6.45) is 0.983. The molecule has 1 N–H and O–H groups in total. The van der Waals surface area contributed by atoms with Crippen molar-refractivity contribution in [2.24, 2.45) is 0 Å². The van der Waals surface area contributed by atoms with Gasteiger partial charge in [0.15, 0.2) is 0 Å². The lowest BCUT2D eigenvalue weighted by Gasteiger charge is -2.08. The van der Waals surface area contributed by atoms with E-state index in [0.717, 1.165) is 12.1 Å². The van der Waals surface area contributed by atoms with Gasteiger partial charge in [-0.05, 0) is 13.3 Å². The molecule has 0 aliphatic rings. The molecule has 0 spiro atoms. The molecule has 14 heavy (non-hydrogen) atoms. The van der Waals surface area contributed by atoms with Gasteiger partial charge in [-0.2, -0.15) is 0 Å². The minimum absolute atomic E-state index is 0.233. The SMILES string of the molecule is CCC(CO)c1sc(C(C)C)nc1C. The van der Waals surface area contributed by atoms with Gasteiger partial charge in [-0.3, -0.25) is 0 Å². The van der Waals surface area contributed by atoms with E-state index in [9.17, 15) is 5.11 Å². The van der Waals surface area contributed by atoms with Crippen LogP contribution in [0.25, 0.3) is 0 Å². The van der Waals surface area contributed by atoms with E-state index in [4.69, 9.17) is 0 Å². The van der Waals surface area contributed by atoms with Gasteiger partial charge in [0, 0.05) is 16.7 Å². The molecular formula is C11H19NOS. The fraction of sp³-hybridized carbons (Fsp3) is 0.727. The number of rotatable bonds is 4. The van der Waals surface area contributed by atoms with E-state index in [-0.39, 0.29) is 12.5 Å². The van der Waals surface area contributed by atoms with Crippen molar-refractivity contribution in [3.05, 3.63) is 15.6 Å². The number of nitrogens with zero attached hydrogens (tertiary/aromatic N) is 1. The van der Waals surface area contributed by atoms with E-state index >= 15 is 0 Å². The summed E-state index contributed by atoms with van der Waals surface area (Å²) >= 11 is 1.75. The summed E-state index contributed by atoms with van der Waals surface area (Å²) in [7, 11) is 0. The summed E-state index contributed by atoms with van der Waals surface area (Å²) in [6, 6.07) is 0. The van der Waals surface area contributed by atoms with Gasteiger partial charge in [-0.15, -0.1) is 11.3 Å². The number of aliphatic hydroxyl groups is 1. The predicted octanol–water partition coefficient (Wildman–Crippen LogP) is 3.06. The van der Waals surface area contributed by atoms with Crippen LogP contribution in [-0.4, -0.2) is 16.7 Å². The summed E-state index contributed by atoms with van der Waals surface area (Å²) in [4.78, 5) is 5.80. The van der Waals surface area contributed by atoms with E-state index in [2.05, 4.69) is 25.8 Å². The van der Waals surface area contributed by atoms with Crippen molar-refractivity contribution in [3.8, 4) is 0 Å². The smallest absolute Gasteiger partial charge is 0.0956 e. The maximum Gasteiger partial charge on any atom is 0.0956 e. The van der Waals surface area contributed by atoms with Crippen LogP contribution in [0.15, 0.2) is 0 Å². The Hall–Kier alpha value is -0.410. The van der Waals surface area contributed by atoms with Gasteiger partial charge in [0.25, 0.3) is 0 Å². The molecule has 80 valence electrons. The minimum atomic E-state index is 0.233. The van der Waals surface area contributed by atoms with Gasteiger partial charge >= 0.3 is 0 Å². The monoisotopic (exact) mass is 213 g/mol. The Balaban J connectivity index is 2.96. The second-order valence-electron chi connectivity index (χ2n) is 3.94. The average molecular weight is 213 g/mol. The Morgan fingerprint density at radius 2 is 2.07 bits per heavy atom. The molecular weight excluding hydrogens is 194 g/mol. The van der Waals surface area contributed by atoms with Crippen molar-refractivity contribution in [3.63, 3.8) is 0 Å². The molecule has 0 saturated carbocycles. The highest BCUT2D eigenvalue weighted by Crippen LogP contribution is 2.31. The van der Waals surface area contributed by atoms with Crippen LogP contribution in [0.1, 0.15) is 54.6 Å². The third-order valence-electron chi connectivity index (χ3n) is 2.43. The molecule has 1 rings (SSSR count). The normalized spacial score (nSPS) is 13.6. The predicted molar refractivity (Wildman–Crippen MR) is 61.1 cm³/mol. The zero-order chi connectivity index (χ0) is 10.7. The molecule has 0 saturated heterocycles. The lowest BCUT2D eigenvalue weighted by atomic mass is 10.1. The van der Waals surface area contributed by atoms with Crippen molar-refractivity contribution < 1.29 is 5.11 Å². The molecule has 0 aliphatic carbocycles. The summed E-state index contributed by atoms with van der Waals surface area (Å²) in [5.41, 5.74) is 1.10. The Morgan fingerprint density at radius 1 is 1.43 bits per heavy atom. The Morgan fingerprint density at radius 3 is 2.43 bits per heavy atom. The molecule has 0 fully saturated rings. The number of aliphatic hydroxyl groups excluding tert-OH is 1. The van der Waals surface area contributed by atoms with Crippen LogP contribution in [-0.2, 0) is 0 Å². The van der Waals surface area contributed by atoms with Crippen molar-refractivity contribution in [2.45, 2.75) is 46.0 Å². The van der Waals surface area contributed by atoms with E-state index in [1.54, 1.807) is 11.3 Å². The first kappa shape index (κ1) is 11.7. The van der Waals surface area contributed by atoms with Crippen LogP contribution in [0.2, 0.25) is 0 Å². The van der Waals surface area contributed by atoms with E-state index in [1.807, 2.05) is 6.92 Å². The van der Waals surface area contributed by atoms with Crippen LogP contribution in [0.3, 0.4) is 0 Å². The van der Waals surface area contributed by atoms with Gasteiger partial charge in [-0.1, -0.05) is 20.8 Å². The Labute approximate surface area is 90.0 Å². The molecule has 1 aromatic rings. The van der Waals surface area contributed by atoms with Crippen molar-refractivity contribution in [1.82, 2.24) is 4.98 Å². The van der Waals surface area contributed by atoms with Gasteiger partial charge < -0.3 is 5.11 Å². The summed E-state index contributed by atoms with van der Waals surface area (Å²) in [5, 5.41) is 10.4. The number of hydrogen-bond donors (Lipinski definition) is 1. The molecule has 1 heterocycles. The molecule has 0 aliphatic heterocycles. The lowest BCUT2D eigenvalue weighted by molar-refractivity contribution is 0.263.